The number of aliphatic hydroxyl groups is 3. The van der Waals surface area contributed by atoms with Crippen molar-refractivity contribution in [2.24, 2.45) is 10.8 Å². The molecule has 3 fully saturated rings. The fourth-order valence-corrected chi connectivity index (χ4v) is 5.02. The first-order chi connectivity index (χ1) is 9.84. The lowest BCUT2D eigenvalue weighted by Crippen LogP contribution is -2.70. The fourth-order valence-electron chi connectivity index (χ4n) is 5.02. The van der Waals surface area contributed by atoms with E-state index < -0.39 is 47.5 Å². The van der Waals surface area contributed by atoms with E-state index in [-0.39, 0.29) is 5.78 Å². The van der Waals surface area contributed by atoms with Crippen LogP contribution < -0.4 is 0 Å². The summed E-state index contributed by atoms with van der Waals surface area (Å²) in [6.45, 7) is 3.55. The summed E-state index contributed by atoms with van der Waals surface area (Å²) in [5.74, 6) is -0.388. The summed E-state index contributed by atoms with van der Waals surface area (Å²) in [5, 5.41) is 31.1. The Labute approximate surface area is 122 Å². The van der Waals surface area contributed by atoms with Gasteiger partial charge in [0.05, 0.1) is 30.8 Å². The molecule has 0 unspecified atom stereocenters. The molecular formula is C15H20O6. The van der Waals surface area contributed by atoms with Crippen molar-refractivity contribution in [1.82, 2.24) is 0 Å². The highest BCUT2D eigenvalue weighted by atomic mass is 16.6. The van der Waals surface area contributed by atoms with E-state index in [0.717, 1.165) is 0 Å². The number of fused-ring (bicyclic) bond motifs is 2. The number of aliphatic hydroxyl groups excluding tert-OH is 3. The lowest BCUT2D eigenvalue weighted by atomic mass is 9.50. The molecule has 3 N–H and O–H groups in total. The molecule has 2 aliphatic carbocycles. The molecule has 2 heterocycles. The highest BCUT2D eigenvalue weighted by Crippen LogP contribution is 2.70. The predicted molar refractivity (Wildman–Crippen MR) is 70.4 cm³/mol. The van der Waals surface area contributed by atoms with Crippen LogP contribution in [-0.4, -0.2) is 64.3 Å². The largest absolute Gasteiger partial charge is 0.396 e. The lowest BCUT2D eigenvalue weighted by Gasteiger charge is -2.58. The van der Waals surface area contributed by atoms with Crippen LogP contribution in [0.2, 0.25) is 0 Å². The van der Waals surface area contributed by atoms with Crippen LogP contribution in [0.5, 0.6) is 0 Å². The molecule has 0 radical (unpaired) electrons. The van der Waals surface area contributed by atoms with Crippen molar-refractivity contribution in [2.75, 3.05) is 13.2 Å². The van der Waals surface area contributed by atoms with E-state index in [0.29, 0.717) is 18.6 Å². The first-order valence-electron chi connectivity index (χ1n) is 7.33. The van der Waals surface area contributed by atoms with E-state index in [4.69, 9.17) is 9.47 Å². The predicted octanol–water partition coefficient (Wildman–Crippen LogP) is -0.838. The molecule has 6 heteroatoms. The average Bonchev–Trinajstić information content (AvgIpc) is 3.20. The molecule has 2 bridgehead atoms. The first kappa shape index (κ1) is 13.8. The Morgan fingerprint density at radius 3 is 2.67 bits per heavy atom. The van der Waals surface area contributed by atoms with Crippen molar-refractivity contribution < 1.29 is 29.6 Å². The first-order valence-corrected chi connectivity index (χ1v) is 7.33. The summed E-state index contributed by atoms with van der Waals surface area (Å²) in [6.07, 6.45) is -1.14. The number of epoxide rings is 1. The summed E-state index contributed by atoms with van der Waals surface area (Å²) in [4.78, 5) is 12.3. The smallest absolute Gasteiger partial charge is 0.187 e. The van der Waals surface area contributed by atoms with Crippen LogP contribution >= 0.6 is 0 Å². The van der Waals surface area contributed by atoms with Gasteiger partial charge in [-0.15, -0.1) is 0 Å². The summed E-state index contributed by atoms with van der Waals surface area (Å²) in [5.41, 5.74) is -2.16. The molecule has 4 aliphatic rings. The monoisotopic (exact) mass is 296 g/mol. The van der Waals surface area contributed by atoms with Crippen LogP contribution in [0.3, 0.4) is 0 Å². The number of hydrogen-bond donors (Lipinski definition) is 3. The molecule has 0 aromatic heterocycles. The summed E-state index contributed by atoms with van der Waals surface area (Å²) in [7, 11) is 0. The third kappa shape index (κ3) is 1.22. The van der Waals surface area contributed by atoms with Crippen LogP contribution in [-0.2, 0) is 14.3 Å². The van der Waals surface area contributed by atoms with Gasteiger partial charge in [0.15, 0.2) is 5.78 Å². The minimum absolute atomic E-state index is 0.339. The van der Waals surface area contributed by atoms with Crippen molar-refractivity contribution >= 4 is 5.78 Å². The van der Waals surface area contributed by atoms with Crippen LogP contribution in [0.15, 0.2) is 11.6 Å². The average molecular weight is 296 g/mol. The van der Waals surface area contributed by atoms with Gasteiger partial charge in [0.25, 0.3) is 0 Å². The van der Waals surface area contributed by atoms with E-state index in [1.165, 1.54) is 0 Å². The Morgan fingerprint density at radius 1 is 1.43 bits per heavy atom. The van der Waals surface area contributed by atoms with Gasteiger partial charge in [0.2, 0.25) is 0 Å². The van der Waals surface area contributed by atoms with E-state index in [1.807, 2.05) is 6.92 Å². The molecule has 1 saturated carbocycles. The molecule has 7 atom stereocenters. The van der Waals surface area contributed by atoms with Crippen LogP contribution in [0.4, 0.5) is 0 Å². The normalized spacial score (nSPS) is 58.1. The van der Waals surface area contributed by atoms with Crippen molar-refractivity contribution in [2.45, 2.75) is 50.3 Å². The van der Waals surface area contributed by atoms with Crippen molar-refractivity contribution in [3.63, 3.8) is 0 Å². The molecule has 0 aromatic rings. The van der Waals surface area contributed by atoms with Crippen LogP contribution in [0.1, 0.15) is 20.3 Å². The molecule has 6 nitrogen and oxygen atoms in total. The molecule has 4 rings (SSSR count). The lowest BCUT2D eigenvalue weighted by molar-refractivity contribution is -0.244. The summed E-state index contributed by atoms with van der Waals surface area (Å²) in [6, 6.07) is 0. The van der Waals surface area contributed by atoms with Crippen molar-refractivity contribution in [3.05, 3.63) is 11.6 Å². The maximum absolute atomic E-state index is 12.3. The van der Waals surface area contributed by atoms with Gasteiger partial charge < -0.3 is 24.8 Å². The van der Waals surface area contributed by atoms with E-state index in [2.05, 4.69) is 0 Å². The highest BCUT2D eigenvalue weighted by Gasteiger charge is 2.83. The molecule has 2 aliphatic heterocycles. The number of ketones is 1. The molecular weight excluding hydrogens is 276 g/mol. The van der Waals surface area contributed by atoms with Gasteiger partial charge >= 0.3 is 0 Å². The Balaban J connectivity index is 1.95. The van der Waals surface area contributed by atoms with E-state index in [9.17, 15) is 20.1 Å². The van der Waals surface area contributed by atoms with Gasteiger partial charge in [-0.2, -0.15) is 0 Å². The summed E-state index contributed by atoms with van der Waals surface area (Å²) >= 11 is 0. The Hall–Kier alpha value is -0.790. The fraction of sp³-hybridized carbons (Fsp3) is 0.800. The second-order valence-electron chi connectivity index (χ2n) is 7.07. The number of ether oxygens (including phenoxy) is 2. The quantitative estimate of drug-likeness (QED) is 0.546. The van der Waals surface area contributed by atoms with Gasteiger partial charge in [-0.1, -0.05) is 6.92 Å². The van der Waals surface area contributed by atoms with Gasteiger partial charge in [0, 0.05) is 5.41 Å². The summed E-state index contributed by atoms with van der Waals surface area (Å²) < 4.78 is 11.6. The van der Waals surface area contributed by atoms with Gasteiger partial charge in [-0.05, 0) is 25.0 Å². The molecule has 0 aromatic carbocycles. The molecule has 21 heavy (non-hydrogen) atoms. The van der Waals surface area contributed by atoms with Gasteiger partial charge in [-0.25, -0.2) is 0 Å². The van der Waals surface area contributed by atoms with Gasteiger partial charge in [-0.3, -0.25) is 4.79 Å². The number of carbonyl (C=O) groups is 1. The van der Waals surface area contributed by atoms with Crippen LogP contribution in [0, 0.1) is 10.8 Å². The van der Waals surface area contributed by atoms with E-state index in [1.54, 1.807) is 13.0 Å². The topological polar surface area (TPSA) is 99.5 Å². The molecule has 116 valence electrons. The van der Waals surface area contributed by atoms with Crippen LogP contribution in [0.25, 0.3) is 0 Å². The molecule has 1 spiro atoms. The van der Waals surface area contributed by atoms with Gasteiger partial charge in [0.1, 0.15) is 17.8 Å². The van der Waals surface area contributed by atoms with Crippen molar-refractivity contribution in [1.29, 1.82) is 0 Å². The maximum Gasteiger partial charge on any atom is 0.187 e. The Morgan fingerprint density at radius 2 is 2.10 bits per heavy atom. The third-order valence-electron chi connectivity index (χ3n) is 6.43. The third-order valence-corrected chi connectivity index (χ3v) is 6.43. The minimum Gasteiger partial charge on any atom is -0.396 e. The Kier molecular flexibility index (Phi) is 2.47. The molecule has 2 saturated heterocycles. The maximum atomic E-state index is 12.3. The SMILES string of the molecule is CC1=C[C@H]2O[C@H]3[C@H](O)C[C@](C)([C@@]2(CO)[C@H](O)C1=O)[C@]31CO1. The minimum atomic E-state index is -1.35. The van der Waals surface area contributed by atoms with E-state index >= 15 is 0 Å². The zero-order chi connectivity index (χ0) is 15.2. The number of rotatable bonds is 1. The van der Waals surface area contributed by atoms with Crippen molar-refractivity contribution in [3.8, 4) is 0 Å². The zero-order valence-electron chi connectivity index (χ0n) is 12.1. The highest BCUT2D eigenvalue weighted by molar-refractivity contribution is 6.00. The second kappa shape index (κ2) is 3.75. The number of Topliss-reactive ketones (excluding diaryl/α,β-unsaturated/α-hetero) is 1. The zero-order valence-corrected chi connectivity index (χ0v) is 12.1. The standard InChI is InChI=1S/C15H20O6/c1-7-3-9-14(5-16,11(19)10(7)18)13(2)4-8(17)12(21-9)15(13)6-20-15/h3,8-9,11-12,16-17,19H,4-6H2,1-2H3/t8-,9-,11-,12+,13-,14-,15+/m1/s1. The number of carbonyl (C=O) groups excluding carboxylic acids is 1. The Bertz CT molecular complexity index is 552. The number of hydrogen-bond acceptors (Lipinski definition) is 6. The molecule has 0 amide bonds. The second-order valence-corrected chi connectivity index (χ2v) is 7.07.